The summed E-state index contributed by atoms with van der Waals surface area (Å²) in [6.45, 7) is 1.43. The number of alkyl halides is 3. The van der Waals surface area contributed by atoms with Crippen molar-refractivity contribution in [3.05, 3.63) is 54.1 Å². The number of piperidine rings is 1. The van der Waals surface area contributed by atoms with Gasteiger partial charge < -0.3 is 14.8 Å². The van der Waals surface area contributed by atoms with Gasteiger partial charge in [-0.25, -0.2) is 15.3 Å². The molecule has 176 valence electrons. The van der Waals surface area contributed by atoms with Crippen LogP contribution in [0.2, 0.25) is 0 Å². The number of rotatable bonds is 6. The van der Waals surface area contributed by atoms with Crippen LogP contribution in [0.3, 0.4) is 0 Å². The number of likely N-dealkylation sites (tertiary alicyclic amines) is 1. The van der Waals surface area contributed by atoms with Crippen molar-refractivity contribution in [3.63, 3.8) is 0 Å². The van der Waals surface area contributed by atoms with Gasteiger partial charge in [-0.2, -0.15) is 0 Å². The van der Waals surface area contributed by atoms with E-state index in [0.29, 0.717) is 48.8 Å². The number of carbonyl (C=O) groups is 1. The number of carbonyl (C=O) groups excluding carboxylic acids is 1. The second-order valence-corrected chi connectivity index (χ2v) is 7.74. The van der Waals surface area contributed by atoms with Crippen molar-refractivity contribution in [2.75, 3.05) is 32.1 Å². The third kappa shape index (κ3) is 5.93. The molecule has 2 aromatic rings. The Morgan fingerprint density at radius 1 is 1.18 bits per heavy atom. The zero-order valence-electron chi connectivity index (χ0n) is 17.8. The molecule has 2 aliphatic heterocycles. The molecule has 2 aliphatic rings. The van der Waals surface area contributed by atoms with Gasteiger partial charge in [0.2, 0.25) is 5.91 Å². The fourth-order valence-electron chi connectivity index (χ4n) is 3.71. The van der Waals surface area contributed by atoms with Crippen LogP contribution < -0.4 is 20.3 Å². The highest BCUT2D eigenvalue weighted by Gasteiger charge is 2.40. The van der Waals surface area contributed by atoms with E-state index in [1.807, 2.05) is 4.90 Å². The molecule has 8 nitrogen and oxygen atoms in total. The van der Waals surface area contributed by atoms with E-state index in [4.69, 9.17) is 9.57 Å². The molecule has 2 heterocycles. The lowest BCUT2D eigenvalue weighted by Crippen LogP contribution is -2.46. The molecule has 4 rings (SSSR count). The Labute approximate surface area is 188 Å². The Hall–Kier alpha value is -3.31. The van der Waals surface area contributed by atoms with Crippen LogP contribution in [0.5, 0.6) is 11.5 Å². The topological polar surface area (TPSA) is 84.4 Å². The Balaban J connectivity index is 1.30. The number of aliphatic imine (C=N–C) groups is 1. The lowest BCUT2D eigenvalue weighted by Gasteiger charge is -2.35. The number of hydroxylamine groups is 1. The van der Waals surface area contributed by atoms with E-state index < -0.39 is 12.1 Å². The molecule has 2 N–H and O–H groups in total. The van der Waals surface area contributed by atoms with Gasteiger partial charge in [-0.1, -0.05) is 6.07 Å². The van der Waals surface area contributed by atoms with E-state index in [1.54, 1.807) is 31.4 Å². The van der Waals surface area contributed by atoms with Gasteiger partial charge in [-0.05, 0) is 36.4 Å². The molecule has 0 saturated carbocycles. The number of amidine groups is 1. The number of benzene rings is 2. The van der Waals surface area contributed by atoms with Crippen LogP contribution in [-0.2, 0) is 9.63 Å². The maximum atomic E-state index is 12.4. The molecular weight excluding hydrogens is 441 g/mol. The maximum Gasteiger partial charge on any atom is 0.573 e. The van der Waals surface area contributed by atoms with Gasteiger partial charge in [0.15, 0.2) is 11.6 Å². The molecule has 33 heavy (non-hydrogen) atoms. The number of hydrogen-bond acceptors (Lipinski definition) is 7. The van der Waals surface area contributed by atoms with E-state index in [1.165, 1.54) is 24.3 Å². The third-order valence-electron chi connectivity index (χ3n) is 5.37. The normalized spacial score (nSPS) is 17.9. The average molecular weight is 464 g/mol. The molecule has 0 bridgehead atoms. The summed E-state index contributed by atoms with van der Waals surface area (Å²) in [5, 5.41) is 2.86. The van der Waals surface area contributed by atoms with Gasteiger partial charge in [0.25, 0.3) is 0 Å². The van der Waals surface area contributed by atoms with Gasteiger partial charge in [-0.3, -0.25) is 9.69 Å². The minimum atomic E-state index is -4.74. The first-order valence-corrected chi connectivity index (χ1v) is 10.3. The molecular formula is C22H23F3N4O4. The zero-order chi connectivity index (χ0) is 23.5. The summed E-state index contributed by atoms with van der Waals surface area (Å²) in [6.07, 6.45) is -3.62. The highest BCUT2D eigenvalue weighted by Crippen LogP contribution is 2.31. The zero-order valence-corrected chi connectivity index (χ0v) is 17.8. The standard InChI is InChI=1S/C22H23F3N4O4/c1-31-18-4-2-3-16(13-18)26-19(30)14-29-11-9-21(10-12-29)27-20(28-33-21)15-5-7-17(8-6-15)32-22(23,24)25/h2-8,13H,9-12,14H2,1H3,(H,26,30)(H,27,28). The van der Waals surface area contributed by atoms with Gasteiger partial charge >= 0.3 is 6.36 Å². The predicted octanol–water partition coefficient (Wildman–Crippen LogP) is 3.31. The predicted molar refractivity (Wildman–Crippen MR) is 114 cm³/mol. The third-order valence-corrected chi connectivity index (χ3v) is 5.37. The van der Waals surface area contributed by atoms with E-state index >= 15 is 0 Å². The number of nitrogens with zero attached hydrogens (tertiary/aromatic N) is 2. The number of ether oxygens (including phenoxy) is 2. The SMILES string of the molecule is COc1cccc(NC(=O)CN2CCC3(CC2)N=C(c2ccc(OC(F)(F)F)cc2)NO3)c1. The summed E-state index contributed by atoms with van der Waals surface area (Å²) in [5.41, 5.74) is 3.26. The largest absolute Gasteiger partial charge is 0.573 e. The fraction of sp³-hybridized carbons (Fsp3) is 0.364. The van der Waals surface area contributed by atoms with Gasteiger partial charge in [-0.15, -0.1) is 13.2 Å². The van der Waals surface area contributed by atoms with Crippen LogP contribution >= 0.6 is 0 Å². The van der Waals surface area contributed by atoms with Crippen molar-refractivity contribution in [1.29, 1.82) is 0 Å². The van der Waals surface area contributed by atoms with Crippen LogP contribution in [0.1, 0.15) is 18.4 Å². The highest BCUT2D eigenvalue weighted by atomic mass is 19.4. The lowest BCUT2D eigenvalue weighted by molar-refractivity contribution is -0.274. The summed E-state index contributed by atoms with van der Waals surface area (Å²) in [4.78, 5) is 24.8. The molecule has 0 aliphatic carbocycles. The number of nitrogens with one attached hydrogen (secondary N) is 2. The number of amides is 1. The summed E-state index contributed by atoms with van der Waals surface area (Å²) in [5.74, 6) is 0.670. The van der Waals surface area contributed by atoms with E-state index in [2.05, 4.69) is 20.5 Å². The Bertz CT molecular complexity index is 1020. The van der Waals surface area contributed by atoms with Crippen molar-refractivity contribution in [2.24, 2.45) is 4.99 Å². The first-order chi connectivity index (χ1) is 15.7. The second-order valence-electron chi connectivity index (χ2n) is 7.74. The molecule has 0 radical (unpaired) electrons. The van der Waals surface area contributed by atoms with Crippen molar-refractivity contribution in [3.8, 4) is 11.5 Å². The minimum absolute atomic E-state index is 0.130. The number of halogens is 3. The van der Waals surface area contributed by atoms with Gasteiger partial charge in [0.1, 0.15) is 11.5 Å². The van der Waals surface area contributed by atoms with Crippen LogP contribution in [0.15, 0.2) is 53.5 Å². The first-order valence-electron chi connectivity index (χ1n) is 10.3. The Kier molecular flexibility index (Phi) is 6.43. The fourth-order valence-corrected chi connectivity index (χ4v) is 3.71. The number of anilines is 1. The van der Waals surface area contributed by atoms with Crippen molar-refractivity contribution >= 4 is 17.4 Å². The van der Waals surface area contributed by atoms with Crippen molar-refractivity contribution in [1.82, 2.24) is 10.4 Å². The summed E-state index contributed by atoms with van der Waals surface area (Å²) < 4.78 is 46.0. The summed E-state index contributed by atoms with van der Waals surface area (Å²) >= 11 is 0. The molecule has 0 aromatic heterocycles. The van der Waals surface area contributed by atoms with E-state index in [0.717, 1.165) is 0 Å². The average Bonchev–Trinajstić information content (AvgIpc) is 3.19. The van der Waals surface area contributed by atoms with E-state index in [9.17, 15) is 18.0 Å². The summed E-state index contributed by atoms with van der Waals surface area (Å²) in [6, 6.07) is 12.6. The smallest absolute Gasteiger partial charge is 0.497 e. The molecule has 0 atom stereocenters. The first kappa shape index (κ1) is 22.9. The highest BCUT2D eigenvalue weighted by molar-refractivity contribution is 5.99. The van der Waals surface area contributed by atoms with Crippen LogP contribution in [-0.4, -0.2) is 55.5 Å². The van der Waals surface area contributed by atoms with Gasteiger partial charge in [0.05, 0.1) is 13.7 Å². The Morgan fingerprint density at radius 3 is 2.58 bits per heavy atom. The second kappa shape index (κ2) is 9.28. The molecule has 1 spiro atoms. The number of hydrogen-bond donors (Lipinski definition) is 2. The van der Waals surface area contributed by atoms with Crippen LogP contribution in [0, 0.1) is 0 Å². The monoisotopic (exact) mass is 464 g/mol. The Morgan fingerprint density at radius 2 is 1.91 bits per heavy atom. The molecule has 1 fully saturated rings. The minimum Gasteiger partial charge on any atom is -0.497 e. The molecule has 11 heteroatoms. The molecule has 2 aromatic carbocycles. The summed E-state index contributed by atoms with van der Waals surface area (Å²) in [7, 11) is 1.57. The molecule has 1 amide bonds. The van der Waals surface area contributed by atoms with Crippen LogP contribution in [0.25, 0.3) is 0 Å². The van der Waals surface area contributed by atoms with Crippen LogP contribution in [0.4, 0.5) is 18.9 Å². The molecule has 0 unspecified atom stereocenters. The number of methoxy groups -OCH3 is 1. The quantitative estimate of drug-likeness (QED) is 0.683. The molecule has 1 saturated heterocycles. The van der Waals surface area contributed by atoms with Crippen molar-refractivity contribution < 1.29 is 32.3 Å². The van der Waals surface area contributed by atoms with Gasteiger partial charge in [0, 0.05) is 43.2 Å². The van der Waals surface area contributed by atoms with Crippen molar-refractivity contribution in [2.45, 2.75) is 24.9 Å². The lowest BCUT2D eigenvalue weighted by atomic mass is 10.0. The maximum absolute atomic E-state index is 12.4. The van der Waals surface area contributed by atoms with E-state index in [-0.39, 0.29) is 18.2 Å².